The second-order valence-electron chi connectivity index (χ2n) is 5.54. The molecule has 0 bridgehead atoms. The lowest BCUT2D eigenvalue weighted by Crippen LogP contribution is -2.41. The Labute approximate surface area is 138 Å². The molecule has 1 aromatic rings. The standard InChI is InChI=1S/C15H25N3O4S/c1-17(2)13(12-8-6-7-9-14(12)22-4)10-16-15(19)11-18(3)23(5,20)21/h6-9,13H,10-11H2,1-5H3,(H,16,19)/t13-/m0/s1. The summed E-state index contributed by atoms with van der Waals surface area (Å²) in [5.74, 6) is 0.397. The van der Waals surface area contributed by atoms with Gasteiger partial charge in [0.15, 0.2) is 0 Å². The van der Waals surface area contributed by atoms with Crippen molar-refractivity contribution < 1.29 is 17.9 Å². The third-order valence-corrected chi connectivity index (χ3v) is 4.81. The Kier molecular flexibility index (Phi) is 6.99. The van der Waals surface area contributed by atoms with Gasteiger partial charge in [-0.05, 0) is 20.2 Å². The molecule has 1 amide bonds. The van der Waals surface area contributed by atoms with E-state index in [1.165, 1.54) is 7.05 Å². The average Bonchev–Trinajstić information content (AvgIpc) is 2.46. The first-order chi connectivity index (χ1) is 10.7. The molecule has 7 nitrogen and oxygen atoms in total. The zero-order valence-electron chi connectivity index (χ0n) is 14.2. The number of ether oxygens (including phenoxy) is 1. The average molecular weight is 343 g/mol. The maximum absolute atomic E-state index is 11.9. The lowest BCUT2D eigenvalue weighted by molar-refractivity contribution is -0.121. The van der Waals surface area contributed by atoms with Gasteiger partial charge in [-0.15, -0.1) is 0 Å². The minimum atomic E-state index is -3.37. The topological polar surface area (TPSA) is 79.0 Å². The summed E-state index contributed by atoms with van der Waals surface area (Å²) in [4.78, 5) is 13.9. The van der Waals surface area contributed by atoms with Crippen molar-refractivity contribution in [1.82, 2.24) is 14.5 Å². The molecule has 0 heterocycles. The lowest BCUT2D eigenvalue weighted by atomic mass is 10.0. The second-order valence-corrected chi connectivity index (χ2v) is 7.63. The van der Waals surface area contributed by atoms with E-state index < -0.39 is 10.0 Å². The quantitative estimate of drug-likeness (QED) is 0.735. The van der Waals surface area contributed by atoms with Crippen LogP contribution in [0.4, 0.5) is 0 Å². The predicted molar refractivity (Wildman–Crippen MR) is 89.9 cm³/mol. The van der Waals surface area contributed by atoms with E-state index >= 15 is 0 Å². The molecule has 23 heavy (non-hydrogen) atoms. The third-order valence-electron chi connectivity index (χ3n) is 3.55. The maximum Gasteiger partial charge on any atom is 0.235 e. The number of likely N-dealkylation sites (N-methyl/N-ethyl adjacent to an activating group) is 2. The van der Waals surface area contributed by atoms with Crippen LogP contribution in [0.5, 0.6) is 5.75 Å². The van der Waals surface area contributed by atoms with Crippen molar-refractivity contribution in [3.05, 3.63) is 29.8 Å². The number of methoxy groups -OCH3 is 1. The van der Waals surface area contributed by atoms with Crippen LogP contribution in [0.1, 0.15) is 11.6 Å². The van der Waals surface area contributed by atoms with E-state index in [4.69, 9.17) is 4.74 Å². The van der Waals surface area contributed by atoms with Crippen molar-refractivity contribution in [3.63, 3.8) is 0 Å². The van der Waals surface area contributed by atoms with Crippen LogP contribution in [0.25, 0.3) is 0 Å². The lowest BCUT2D eigenvalue weighted by Gasteiger charge is -2.26. The molecule has 1 rings (SSSR count). The van der Waals surface area contributed by atoms with E-state index in [9.17, 15) is 13.2 Å². The number of rotatable bonds is 8. The van der Waals surface area contributed by atoms with Gasteiger partial charge in [0.05, 0.1) is 26.0 Å². The summed E-state index contributed by atoms with van der Waals surface area (Å²) in [5, 5.41) is 2.77. The summed E-state index contributed by atoms with van der Waals surface area (Å²) in [6.07, 6.45) is 1.07. The van der Waals surface area contributed by atoms with Crippen LogP contribution >= 0.6 is 0 Å². The van der Waals surface area contributed by atoms with E-state index in [-0.39, 0.29) is 18.5 Å². The predicted octanol–water partition coefficient (Wildman–Crippen LogP) is 0.306. The van der Waals surface area contributed by atoms with Gasteiger partial charge in [-0.3, -0.25) is 4.79 Å². The van der Waals surface area contributed by atoms with Crippen molar-refractivity contribution in [2.75, 3.05) is 47.6 Å². The Morgan fingerprint density at radius 3 is 2.39 bits per heavy atom. The number of amides is 1. The monoisotopic (exact) mass is 343 g/mol. The largest absolute Gasteiger partial charge is 0.496 e. The van der Waals surface area contributed by atoms with Gasteiger partial charge in [-0.1, -0.05) is 18.2 Å². The van der Waals surface area contributed by atoms with E-state index in [0.717, 1.165) is 21.9 Å². The molecule has 0 aliphatic heterocycles. The number of hydrogen-bond donors (Lipinski definition) is 1. The molecule has 0 aromatic heterocycles. The third kappa shape index (κ3) is 5.81. The van der Waals surface area contributed by atoms with E-state index in [0.29, 0.717) is 6.54 Å². The summed E-state index contributed by atoms with van der Waals surface area (Å²) < 4.78 is 29.1. The first kappa shape index (κ1) is 19.4. The highest BCUT2D eigenvalue weighted by molar-refractivity contribution is 7.88. The molecular weight excluding hydrogens is 318 g/mol. The summed E-state index contributed by atoms with van der Waals surface area (Å²) in [5.41, 5.74) is 0.955. The first-order valence-electron chi connectivity index (χ1n) is 7.14. The highest BCUT2D eigenvalue weighted by atomic mass is 32.2. The van der Waals surface area contributed by atoms with Gasteiger partial charge in [0.25, 0.3) is 0 Å². The molecule has 130 valence electrons. The van der Waals surface area contributed by atoms with Crippen LogP contribution in [0.15, 0.2) is 24.3 Å². The smallest absolute Gasteiger partial charge is 0.235 e. The van der Waals surface area contributed by atoms with Crippen molar-refractivity contribution >= 4 is 15.9 Å². The number of hydrogen-bond acceptors (Lipinski definition) is 5. The Bertz CT molecular complexity index is 631. The Morgan fingerprint density at radius 2 is 1.87 bits per heavy atom. The van der Waals surface area contributed by atoms with E-state index in [1.54, 1.807) is 7.11 Å². The normalized spacial score (nSPS) is 13.2. The number of nitrogens with zero attached hydrogens (tertiary/aromatic N) is 2. The van der Waals surface area contributed by atoms with Crippen LogP contribution < -0.4 is 10.1 Å². The molecule has 1 atom stereocenters. The molecule has 0 fully saturated rings. The highest BCUT2D eigenvalue weighted by Crippen LogP contribution is 2.27. The summed E-state index contributed by atoms with van der Waals surface area (Å²) in [6.45, 7) is 0.148. The molecule has 0 aliphatic carbocycles. The molecular formula is C15H25N3O4S. The molecule has 0 saturated heterocycles. The summed E-state index contributed by atoms with van der Waals surface area (Å²) in [7, 11) is 3.42. The molecule has 0 saturated carbocycles. The molecule has 1 N–H and O–H groups in total. The Balaban J connectivity index is 2.77. The number of nitrogens with one attached hydrogen (secondary N) is 1. The molecule has 0 spiro atoms. The van der Waals surface area contributed by atoms with Crippen LogP contribution in [-0.4, -0.2) is 71.1 Å². The zero-order valence-corrected chi connectivity index (χ0v) is 15.1. The number of carbonyl (C=O) groups excluding carboxylic acids is 1. The summed E-state index contributed by atoms with van der Waals surface area (Å²) >= 11 is 0. The number of sulfonamides is 1. The zero-order chi connectivity index (χ0) is 17.6. The van der Waals surface area contributed by atoms with Gasteiger partial charge < -0.3 is 15.0 Å². The highest BCUT2D eigenvalue weighted by Gasteiger charge is 2.20. The van der Waals surface area contributed by atoms with Crippen LogP contribution in [0, 0.1) is 0 Å². The molecule has 1 aromatic carbocycles. The van der Waals surface area contributed by atoms with Crippen LogP contribution in [-0.2, 0) is 14.8 Å². The Hall–Kier alpha value is -1.64. The van der Waals surface area contributed by atoms with Gasteiger partial charge in [-0.2, -0.15) is 4.31 Å². The van der Waals surface area contributed by atoms with Gasteiger partial charge in [0, 0.05) is 19.2 Å². The minimum absolute atomic E-state index is 0.0846. The molecule has 0 unspecified atom stereocenters. The van der Waals surface area contributed by atoms with Crippen LogP contribution in [0.3, 0.4) is 0 Å². The number of benzene rings is 1. The molecule has 0 radical (unpaired) electrons. The fourth-order valence-corrected chi connectivity index (χ4v) is 2.45. The van der Waals surface area contributed by atoms with E-state index in [1.807, 2.05) is 43.3 Å². The second kappa shape index (κ2) is 8.28. The van der Waals surface area contributed by atoms with Gasteiger partial charge in [-0.25, -0.2) is 8.42 Å². The number of para-hydroxylation sites is 1. The molecule has 8 heteroatoms. The summed E-state index contributed by atoms with van der Waals surface area (Å²) in [6, 6.07) is 7.52. The maximum atomic E-state index is 11.9. The number of carbonyl (C=O) groups is 1. The van der Waals surface area contributed by atoms with Gasteiger partial charge >= 0.3 is 0 Å². The fraction of sp³-hybridized carbons (Fsp3) is 0.533. The first-order valence-corrected chi connectivity index (χ1v) is 8.99. The minimum Gasteiger partial charge on any atom is -0.496 e. The van der Waals surface area contributed by atoms with Crippen molar-refractivity contribution in [1.29, 1.82) is 0 Å². The van der Waals surface area contributed by atoms with Gasteiger partial charge in [0.1, 0.15) is 5.75 Å². The molecule has 0 aliphatic rings. The fourth-order valence-electron chi connectivity index (χ4n) is 2.10. The van der Waals surface area contributed by atoms with Gasteiger partial charge in [0.2, 0.25) is 15.9 Å². The van der Waals surface area contributed by atoms with Crippen molar-refractivity contribution in [3.8, 4) is 5.75 Å². The van der Waals surface area contributed by atoms with E-state index in [2.05, 4.69) is 5.32 Å². The van der Waals surface area contributed by atoms with Crippen molar-refractivity contribution in [2.24, 2.45) is 0 Å². The SMILES string of the molecule is COc1ccccc1[C@H](CNC(=O)CN(C)S(C)(=O)=O)N(C)C. The van der Waals surface area contributed by atoms with Crippen LogP contribution in [0.2, 0.25) is 0 Å². The Morgan fingerprint density at radius 1 is 1.26 bits per heavy atom. The van der Waals surface area contributed by atoms with Crippen molar-refractivity contribution in [2.45, 2.75) is 6.04 Å².